The van der Waals surface area contributed by atoms with Gasteiger partial charge in [-0.25, -0.2) is 4.98 Å². The number of nitrogens with zero attached hydrogens (tertiary/aromatic N) is 1. The number of hydrogen-bond donors (Lipinski definition) is 2. The van der Waals surface area contributed by atoms with E-state index in [-0.39, 0.29) is 24.7 Å². The van der Waals surface area contributed by atoms with Crippen molar-refractivity contribution in [2.24, 2.45) is 11.8 Å². The number of hydrogen-bond acceptors (Lipinski definition) is 4. The summed E-state index contributed by atoms with van der Waals surface area (Å²) in [6.45, 7) is 0.563. The first-order valence-electron chi connectivity index (χ1n) is 15.2. The third-order valence-electron chi connectivity index (χ3n) is 7.87. The Morgan fingerprint density at radius 3 is 1.93 bits per heavy atom. The molecule has 6 nitrogen and oxygen atoms in total. The van der Waals surface area contributed by atoms with Crippen molar-refractivity contribution >= 4 is 11.9 Å². The largest absolute Gasteiger partial charge is 0.481 e. The summed E-state index contributed by atoms with van der Waals surface area (Å²) < 4.78 is 6.14. The van der Waals surface area contributed by atoms with Crippen molar-refractivity contribution in [3.05, 3.63) is 109 Å². The minimum absolute atomic E-state index is 0.00135. The molecule has 224 valence electrons. The van der Waals surface area contributed by atoms with Crippen molar-refractivity contribution < 1.29 is 24.5 Å². The molecule has 2 N–H and O–H groups in total. The lowest BCUT2D eigenvalue weighted by atomic mass is 9.79. The third-order valence-corrected chi connectivity index (χ3v) is 7.87. The van der Waals surface area contributed by atoms with Gasteiger partial charge in [0.15, 0.2) is 0 Å². The average molecular weight is 580 g/mol. The highest BCUT2D eigenvalue weighted by atomic mass is 16.5. The van der Waals surface area contributed by atoms with Crippen molar-refractivity contribution in [2.75, 3.05) is 6.61 Å². The standard InChI is InChI=1S/C37H41NO5/c39-36(40)22-21-32(27-37(41)42)31(24-28-14-6-3-7-15-28)20-8-1-2-13-23-43-35-26-33(29-16-9-4-10-17-29)25-34(38-35)30-18-11-5-12-19-30/h3-7,9-12,14-19,25-26,31-32H,1-2,8,13,20-24,27H2,(H,39,40)(H,41,42). The highest BCUT2D eigenvalue weighted by Gasteiger charge is 2.25. The van der Waals surface area contributed by atoms with Crippen molar-refractivity contribution in [1.82, 2.24) is 4.98 Å². The van der Waals surface area contributed by atoms with E-state index in [1.807, 2.05) is 60.7 Å². The molecule has 4 rings (SSSR count). The topological polar surface area (TPSA) is 96.7 Å². The highest BCUT2D eigenvalue weighted by molar-refractivity contribution is 5.71. The van der Waals surface area contributed by atoms with Gasteiger partial charge < -0.3 is 14.9 Å². The molecular weight excluding hydrogens is 538 g/mol. The molecule has 0 aliphatic rings. The maximum atomic E-state index is 11.6. The van der Waals surface area contributed by atoms with Crippen LogP contribution in [0.2, 0.25) is 0 Å². The fourth-order valence-electron chi connectivity index (χ4n) is 5.63. The predicted octanol–water partition coefficient (Wildman–Crippen LogP) is 8.56. The van der Waals surface area contributed by atoms with Crippen LogP contribution in [0.4, 0.5) is 0 Å². The van der Waals surface area contributed by atoms with Crippen LogP contribution in [0, 0.1) is 11.8 Å². The summed E-state index contributed by atoms with van der Waals surface area (Å²) >= 11 is 0. The fourth-order valence-corrected chi connectivity index (χ4v) is 5.63. The lowest BCUT2D eigenvalue weighted by Crippen LogP contribution is -2.22. The molecule has 0 spiro atoms. The first-order chi connectivity index (χ1) is 21.0. The van der Waals surface area contributed by atoms with Gasteiger partial charge in [0, 0.05) is 24.5 Å². The van der Waals surface area contributed by atoms with Crippen LogP contribution in [-0.2, 0) is 16.0 Å². The lowest BCUT2D eigenvalue weighted by Gasteiger charge is -2.26. The van der Waals surface area contributed by atoms with Gasteiger partial charge >= 0.3 is 11.9 Å². The Morgan fingerprint density at radius 2 is 1.28 bits per heavy atom. The van der Waals surface area contributed by atoms with Gasteiger partial charge in [-0.1, -0.05) is 110 Å². The van der Waals surface area contributed by atoms with Crippen LogP contribution >= 0.6 is 0 Å². The molecule has 0 saturated heterocycles. The molecule has 0 radical (unpaired) electrons. The number of benzene rings is 3. The Morgan fingerprint density at radius 1 is 0.651 bits per heavy atom. The van der Waals surface area contributed by atoms with E-state index in [2.05, 4.69) is 42.5 Å². The molecule has 1 aromatic heterocycles. The Bertz CT molecular complexity index is 1350. The molecule has 0 aliphatic heterocycles. The zero-order valence-corrected chi connectivity index (χ0v) is 24.6. The number of carboxylic acid groups (broad SMARTS) is 2. The van der Waals surface area contributed by atoms with E-state index in [1.54, 1.807) is 0 Å². The molecule has 0 bridgehead atoms. The number of rotatable bonds is 18. The molecule has 0 saturated carbocycles. The molecule has 1 heterocycles. The summed E-state index contributed by atoms with van der Waals surface area (Å²) in [7, 11) is 0. The zero-order valence-electron chi connectivity index (χ0n) is 24.6. The fraction of sp³-hybridized carbons (Fsp3) is 0.324. The second kappa shape index (κ2) is 16.9. The molecular formula is C37H41NO5. The summed E-state index contributed by atoms with van der Waals surface area (Å²) in [5.41, 5.74) is 5.25. The van der Waals surface area contributed by atoms with Gasteiger partial charge in [-0.15, -0.1) is 0 Å². The van der Waals surface area contributed by atoms with E-state index in [1.165, 1.54) is 0 Å². The van der Waals surface area contributed by atoms with E-state index in [0.29, 0.717) is 18.9 Å². The van der Waals surface area contributed by atoms with Crippen LogP contribution in [0.3, 0.4) is 0 Å². The van der Waals surface area contributed by atoms with Crippen molar-refractivity contribution in [3.8, 4) is 28.3 Å². The summed E-state index contributed by atoms with van der Waals surface area (Å²) in [4.78, 5) is 27.7. The number of pyridine rings is 1. The summed E-state index contributed by atoms with van der Waals surface area (Å²) in [5, 5.41) is 18.8. The first kappa shape index (κ1) is 31.5. The SMILES string of the molecule is O=C(O)CCC(CC(=O)O)C(CCCCCCOc1cc(-c2ccccc2)cc(-c2ccccc2)n1)Cc1ccccc1. The molecule has 3 aromatic carbocycles. The monoisotopic (exact) mass is 579 g/mol. The number of carboxylic acids is 2. The molecule has 0 aliphatic carbocycles. The third kappa shape index (κ3) is 10.7. The summed E-state index contributed by atoms with van der Waals surface area (Å²) in [5.74, 6) is -1.19. The Kier molecular flexibility index (Phi) is 12.3. The van der Waals surface area contributed by atoms with E-state index < -0.39 is 11.9 Å². The predicted molar refractivity (Wildman–Crippen MR) is 170 cm³/mol. The van der Waals surface area contributed by atoms with Crippen LogP contribution in [0.15, 0.2) is 103 Å². The number of carbonyl (C=O) groups is 2. The number of ether oxygens (including phenoxy) is 1. The van der Waals surface area contributed by atoms with Gasteiger partial charge in [0.2, 0.25) is 5.88 Å². The molecule has 4 aromatic rings. The molecule has 43 heavy (non-hydrogen) atoms. The van der Waals surface area contributed by atoms with E-state index in [9.17, 15) is 19.8 Å². The molecule has 6 heteroatoms. The minimum Gasteiger partial charge on any atom is -0.481 e. The van der Waals surface area contributed by atoms with Gasteiger partial charge in [-0.2, -0.15) is 0 Å². The van der Waals surface area contributed by atoms with Crippen LogP contribution in [0.25, 0.3) is 22.4 Å². The first-order valence-corrected chi connectivity index (χ1v) is 15.2. The average Bonchev–Trinajstić information content (AvgIpc) is 3.03. The van der Waals surface area contributed by atoms with Crippen molar-refractivity contribution in [2.45, 2.75) is 57.8 Å². The van der Waals surface area contributed by atoms with Gasteiger partial charge in [-0.05, 0) is 60.3 Å². The number of unbranched alkanes of at least 4 members (excludes halogenated alkanes) is 3. The van der Waals surface area contributed by atoms with E-state index in [0.717, 1.165) is 66.5 Å². The maximum Gasteiger partial charge on any atom is 0.303 e. The number of aromatic nitrogens is 1. The Labute approximate surface area is 254 Å². The highest BCUT2D eigenvalue weighted by Crippen LogP contribution is 2.31. The normalized spacial score (nSPS) is 12.4. The number of aliphatic carboxylic acids is 2. The quantitative estimate of drug-likeness (QED) is 0.115. The van der Waals surface area contributed by atoms with Crippen LogP contribution < -0.4 is 4.74 Å². The van der Waals surface area contributed by atoms with Crippen LogP contribution in [0.5, 0.6) is 5.88 Å². The van der Waals surface area contributed by atoms with Gasteiger partial charge in [0.25, 0.3) is 0 Å². The maximum absolute atomic E-state index is 11.6. The molecule has 0 fully saturated rings. The van der Waals surface area contributed by atoms with Crippen LogP contribution in [0.1, 0.15) is 56.9 Å². The van der Waals surface area contributed by atoms with Gasteiger partial charge in [0.1, 0.15) is 0 Å². The van der Waals surface area contributed by atoms with E-state index in [4.69, 9.17) is 9.72 Å². The van der Waals surface area contributed by atoms with E-state index >= 15 is 0 Å². The second-order valence-corrected chi connectivity index (χ2v) is 11.1. The molecule has 2 atom stereocenters. The minimum atomic E-state index is -0.881. The van der Waals surface area contributed by atoms with Crippen molar-refractivity contribution in [3.63, 3.8) is 0 Å². The summed E-state index contributed by atoms with van der Waals surface area (Å²) in [6, 6.07) is 34.5. The molecule has 2 unspecified atom stereocenters. The Hall–Kier alpha value is -4.45. The summed E-state index contributed by atoms with van der Waals surface area (Å²) in [6.07, 6.45) is 5.83. The smallest absolute Gasteiger partial charge is 0.303 e. The Balaban J connectivity index is 1.32. The lowest BCUT2D eigenvalue weighted by molar-refractivity contribution is -0.141. The van der Waals surface area contributed by atoms with Gasteiger partial charge in [0.05, 0.1) is 12.3 Å². The molecule has 0 amide bonds. The second-order valence-electron chi connectivity index (χ2n) is 11.1. The van der Waals surface area contributed by atoms with Gasteiger partial charge in [-0.3, -0.25) is 9.59 Å². The van der Waals surface area contributed by atoms with Crippen molar-refractivity contribution in [1.29, 1.82) is 0 Å². The zero-order chi connectivity index (χ0) is 30.3. The van der Waals surface area contributed by atoms with Crippen LogP contribution in [-0.4, -0.2) is 33.7 Å².